The number of hydrogen-bond acceptors (Lipinski definition) is 6. The zero-order valence-corrected chi connectivity index (χ0v) is 18.3. The van der Waals surface area contributed by atoms with Crippen molar-refractivity contribution >= 4 is 28.6 Å². The van der Waals surface area contributed by atoms with E-state index in [1.807, 2.05) is 11.6 Å². The Kier molecular flexibility index (Phi) is 6.37. The maximum atomic E-state index is 5.10. The van der Waals surface area contributed by atoms with Gasteiger partial charge in [-0.3, -0.25) is 0 Å². The van der Waals surface area contributed by atoms with Gasteiger partial charge in [-0.05, 0) is 42.4 Å². The number of unbranched alkanes of at least 4 members (excludes halogenated alkanes) is 1. The van der Waals surface area contributed by atoms with E-state index in [9.17, 15) is 0 Å². The van der Waals surface area contributed by atoms with Gasteiger partial charge in [0.15, 0.2) is 11.5 Å². The smallest absolute Gasteiger partial charge is 0.226 e. The van der Waals surface area contributed by atoms with E-state index in [2.05, 4.69) is 66.5 Å². The van der Waals surface area contributed by atoms with Crippen LogP contribution in [0.5, 0.6) is 0 Å². The summed E-state index contributed by atoms with van der Waals surface area (Å²) in [7, 11) is 3.68. The zero-order chi connectivity index (χ0) is 21.0. The molecule has 0 fully saturated rings. The van der Waals surface area contributed by atoms with Gasteiger partial charge in [-0.1, -0.05) is 32.9 Å². The van der Waals surface area contributed by atoms with Crippen LogP contribution in [0.1, 0.15) is 44.7 Å². The number of fused-ring (bicyclic) bond motifs is 1. The number of benzene rings is 1. The number of aryl methyl sites for hydroxylation is 2. The van der Waals surface area contributed by atoms with Crippen LogP contribution in [0.3, 0.4) is 0 Å². The summed E-state index contributed by atoms with van der Waals surface area (Å²) in [6, 6.07) is 6.55. The van der Waals surface area contributed by atoms with Gasteiger partial charge in [-0.15, -0.1) is 0 Å². The summed E-state index contributed by atoms with van der Waals surface area (Å²) in [5.41, 5.74) is 5.12. The Hall–Kier alpha value is -2.67. The van der Waals surface area contributed by atoms with Crippen molar-refractivity contribution in [2.24, 2.45) is 7.05 Å². The third-order valence-electron chi connectivity index (χ3n) is 4.99. The lowest BCUT2D eigenvalue weighted by Crippen LogP contribution is -2.12. The van der Waals surface area contributed by atoms with E-state index in [1.165, 1.54) is 11.1 Å². The second kappa shape index (κ2) is 8.78. The van der Waals surface area contributed by atoms with Gasteiger partial charge in [0.05, 0.1) is 6.33 Å². The predicted molar refractivity (Wildman–Crippen MR) is 119 cm³/mol. The van der Waals surface area contributed by atoms with E-state index in [0.29, 0.717) is 11.6 Å². The van der Waals surface area contributed by atoms with Crippen LogP contribution in [0.15, 0.2) is 24.5 Å². The SMILES string of the molecule is COCCCCNc1nc(Nc2cc(C(C)(C)C)ccc2C)c2c(ncn2C)n1. The Morgan fingerprint density at radius 1 is 1.14 bits per heavy atom. The number of ether oxygens (including phenoxy) is 1. The molecule has 2 N–H and O–H groups in total. The van der Waals surface area contributed by atoms with Gasteiger partial charge in [0.2, 0.25) is 5.95 Å². The second-order valence-corrected chi connectivity index (χ2v) is 8.45. The minimum atomic E-state index is 0.0760. The molecule has 0 saturated carbocycles. The Morgan fingerprint density at radius 2 is 1.93 bits per heavy atom. The van der Waals surface area contributed by atoms with E-state index in [0.717, 1.165) is 43.0 Å². The molecule has 7 nitrogen and oxygen atoms in total. The molecule has 0 radical (unpaired) electrons. The fraction of sp³-hybridized carbons (Fsp3) is 0.500. The molecule has 0 amide bonds. The molecule has 3 rings (SSSR count). The summed E-state index contributed by atoms with van der Waals surface area (Å²) >= 11 is 0. The van der Waals surface area contributed by atoms with Crippen LogP contribution in [-0.2, 0) is 17.2 Å². The van der Waals surface area contributed by atoms with Crippen LogP contribution in [0.2, 0.25) is 0 Å². The normalized spacial score (nSPS) is 11.8. The topological polar surface area (TPSA) is 76.9 Å². The first kappa shape index (κ1) is 21.0. The molecule has 0 saturated heterocycles. The molecule has 0 aliphatic carbocycles. The van der Waals surface area contributed by atoms with Crippen molar-refractivity contribution in [3.05, 3.63) is 35.7 Å². The minimum absolute atomic E-state index is 0.0760. The van der Waals surface area contributed by atoms with Gasteiger partial charge in [0.25, 0.3) is 0 Å². The number of rotatable bonds is 8. The Bertz CT molecular complexity index is 973. The summed E-state index contributed by atoms with van der Waals surface area (Å²) < 4.78 is 7.05. The van der Waals surface area contributed by atoms with Crippen molar-refractivity contribution in [2.45, 2.75) is 46.0 Å². The van der Waals surface area contributed by atoms with Crippen LogP contribution in [0.4, 0.5) is 17.5 Å². The number of imidazole rings is 1. The van der Waals surface area contributed by atoms with Crippen LogP contribution < -0.4 is 10.6 Å². The van der Waals surface area contributed by atoms with E-state index in [4.69, 9.17) is 9.72 Å². The van der Waals surface area contributed by atoms with Crippen LogP contribution in [0, 0.1) is 6.92 Å². The lowest BCUT2D eigenvalue weighted by molar-refractivity contribution is 0.193. The largest absolute Gasteiger partial charge is 0.385 e. The molecule has 29 heavy (non-hydrogen) atoms. The Balaban J connectivity index is 1.91. The molecular formula is C22H32N6O. The van der Waals surface area contributed by atoms with Gasteiger partial charge < -0.3 is 19.9 Å². The predicted octanol–water partition coefficient (Wildman–Crippen LogP) is 4.55. The van der Waals surface area contributed by atoms with Crippen molar-refractivity contribution in [3.63, 3.8) is 0 Å². The molecular weight excluding hydrogens is 364 g/mol. The molecule has 2 aromatic heterocycles. The van der Waals surface area contributed by atoms with Gasteiger partial charge in [0.1, 0.15) is 5.52 Å². The number of hydrogen-bond donors (Lipinski definition) is 2. The third kappa shape index (κ3) is 5.03. The number of anilines is 3. The van der Waals surface area contributed by atoms with Crippen molar-refractivity contribution in [1.82, 2.24) is 19.5 Å². The highest BCUT2D eigenvalue weighted by atomic mass is 16.5. The van der Waals surface area contributed by atoms with E-state index in [1.54, 1.807) is 13.4 Å². The molecule has 0 bridgehead atoms. The fourth-order valence-electron chi connectivity index (χ4n) is 3.15. The molecule has 0 aliphatic rings. The number of aromatic nitrogens is 4. The number of nitrogens with zero attached hydrogens (tertiary/aromatic N) is 4. The zero-order valence-electron chi connectivity index (χ0n) is 18.3. The Morgan fingerprint density at radius 3 is 2.66 bits per heavy atom. The van der Waals surface area contributed by atoms with Gasteiger partial charge in [-0.2, -0.15) is 9.97 Å². The summed E-state index contributed by atoms with van der Waals surface area (Å²) in [4.78, 5) is 13.8. The summed E-state index contributed by atoms with van der Waals surface area (Å²) in [6.45, 7) is 10.3. The highest BCUT2D eigenvalue weighted by Gasteiger charge is 2.17. The lowest BCUT2D eigenvalue weighted by atomic mass is 9.86. The van der Waals surface area contributed by atoms with Gasteiger partial charge in [0, 0.05) is 33.0 Å². The van der Waals surface area contributed by atoms with E-state index >= 15 is 0 Å². The first-order chi connectivity index (χ1) is 13.8. The van der Waals surface area contributed by atoms with Crippen molar-refractivity contribution in [1.29, 1.82) is 0 Å². The van der Waals surface area contributed by atoms with Crippen molar-refractivity contribution < 1.29 is 4.74 Å². The summed E-state index contributed by atoms with van der Waals surface area (Å²) in [5, 5.41) is 6.85. The number of methoxy groups -OCH3 is 1. The van der Waals surface area contributed by atoms with Crippen LogP contribution in [-0.4, -0.2) is 39.8 Å². The van der Waals surface area contributed by atoms with Gasteiger partial charge in [-0.25, -0.2) is 4.98 Å². The second-order valence-electron chi connectivity index (χ2n) is 8.45. The molecule has 0 aliphatic heterocycles. The highest BCUT2D eigenvalue weighted by molar-refractivity contribution is 5.87. The first-order valence-corrected chi connectivity index (χ1v) is 10.1. The maximum absolute atomic E-state index is 5.10. The van der Waals surface area contributed by atoms with Crippen LogP contribution >= 0.6 is 0 Å². The maximum Gasteiger partial charge on any atom is 0.226 e. The quantitative estimate of drug-likeness (QED) is 0.544. The summed E-state index contributed by atoms with van der Waals surface area (Å²) in [5.74, 6) is 1.34. The van der Waals surface area contributed by atoms with Crippen molar-refractivity contribution in [3.8, 4) is 0 Å². The average Bonchev–Trinajstić information content (AvgIpc) is 3.03. The molecule has 2 heterocycles. The molecule has 156 valence electrons. The first-order valence-electron chi connectivity index (χ1n) is 10.1. The van der Waals surface area contributed by atoms with E-state index in [-0.39, 0.29) is 5.41 Å². The molecule has 1 aromatic carbocycles. The van der Waals surface area contributed by atoms with E-state index < -0.39 is 0 Å². The molecule has 3 aromatic rings. The fourth-order valence-corrected chi connectivity index (χ4v) is 3.15. The summed E-state index contributed by atoms with van der Waals surface area (Å²) in [6.07, 6.45) is 3.76. The monoisotopic (exact) mass is 396 g/mol. The highest BCUT2D eigenvalue weighted by Crippen LogP contribution is 2.30. The number of nitrogens with one attached hydrogen (secondary N) is 2. The third-order valence-corrected chi connectivity index (χ3v) is 4.99. The van der Waals surface area contributed by atoms with Gasteiger partial charge >= 0.3 is 0 Å². The average molecular weight is 397 g/mol. The van der Waals surface area contributed by atoms with Crippen molar-refractivity contribution in [2.75, 3.05) is 30.9 Å². The standard InChI is InChI=1S/C22H32N6O/c1-15-9-10-16(22(2,3)4)13-17(15)25-20-18-19(24-14-28(18)5)26-21(27-20)23-11-7-8-12-29-6/h9-10,13-14H,7-8,11-12H2,1-6H3,(H2,23,25,26,27). The lowest BCUT2D eigenvalue weighted by Gasteiger charge is -2.21. The molecule has 0 spiro atoms. The molecule has 0 unspecified atom stereocenters. The Labute approximate surface area is 172 Å². The molecule has 0 atom stereocenters. The minimum Gasteiger partial charge on any atom is -0.385 e. The van der Waals surface area contributed by atoms with Crippen LogP contribution in [0.25, 0.3) is 11.2 Å². The molecule has 7 heteroatoms.